The fourth-order valence-corrected chi connectivity index (χ4v) is 2.33. The number of anilines is 5. The van der Waals surface area contributed by atoms with E-state index < -0.39 is 0 Å². The van der Waals surface area contributed by atoms with E-state index in [1.807, 2.05) is 54.6 Å². The molecule has 0 saturated heterocycles. The maximum Gasteiger partial charge on any atom is 0.159 e. The highest BCUT2D eigenvalue weighted by Gasteiger charge is 2.09. The largest absolute Gasteiger partial charge is 0.393 e. The van der Waals surface area contributed by atoms with Crippen molar-refractivity contribution >= 4 is 44.6 Å². The maximum absolute atomic E-state index is 6.16. The minimum absolute atomic E-state index is 0.460. The molecule has 0 unspecified atom stereocenters. The maximum atomic E-state index is 6.16. The zero-order valence-electron chi connectivity index (χ0n) is 11.6. The zero-order valence-corrected chi connectivity index (χ0v) is 13.2. The van der Waals surface area contributed by atoms with Crippen molar-refractivity contribution in [1.82, 2.24) is 9.97 Å². The van der Waals surface area contributed by atoms with Crippen molar-refractivity contribution in [3.8, 4) is 0 Å². The minimum Gasteiger partial charge on any atom is -0.393 e. The van der Waals surface area contributed by atoms with E-state index in [1.165, 1.54) is 6.33 Å². The van der Waals surface area contributed by atoms with Crippen LogP contribution in [0.5, 0.6) is 0 Å². The second-order valence-electron chi connectivity index (χ2n) is 4.58. The van der Waals surface area contributed by atoms with Crippen LogP contribution in [0, 0.1) is 0 Å². The first-order valence-electron chi connectivity index (χ1n) is 6.68. The number of hydrogen-bond acceptors (Lipinski definition) is 5. The Labute approximate surface area is 136 Å². The van der Waals surface area contributed by atoms with Crippen LogP contribution in [0.25, 0.3) is 0 Å². The molecule has 3 aromatic rings. The molecule has 2 aromatic carbocycles. The first kappa shape index (κ1) is 14.3. The third kappa shape index (κ3) is 3.17. The molecule has 4 N–H and O–H groups in total. The van der Waals surface area contributed by atoms with E-state index in [9.17, 15) is 0 Å². The highest BCUT2D eigenvalue weighted by atomic mass is 79.9. The third-order valence-electron chi connectivity index (χ3n) is 3.05. The Morgan fingerprint density at radius 3 is 2.18 bits per heavy atom. The normalized spacial score (nSPS) is 10.2. The summed E-state index contributed by atoms with van der Waals surface area (Å²) in [6.45, 7) is 0. The number of nitrogens with two attached hydrogens (primary N) is 1. The Bertz CT molecular complexity index is 776. The van der Waals surface area contributed by atoms with Gasteiger partial charge in [-0.3, -0.25) is 0 Å². The van der Waals surface area contributed by atoms with Crippen LogP contribution in [0.1, 0.15) is 0 Å². The molecule has 0 spiro atoms. The number of aromatic nitrogens is 2. The molecule has 5 nitrogen and oxygen atoms in total. The lowest BCUT2D eigenvalue weighted by Crippen LogP contribution is -2.05. The first-order valence-corrected chi connectivity index (χ1v) is 7.47. The van der Waals surface area contributed by atoms with Crippen LogP contribution < -0.4 is 16.4 Å². The van der Waals surface area contributed by atoms with Crippen molar-refractivity contribution in [3.05, 3.63) is 65.4 Å². The zero-order chi connectivity index (χ0) is 15.4. The van der Waals surface area contributed by atoms with Gasteiger partial charge in [-0.05, 0) is 40.2 Å². The van der Waals surface area contributed by atoms with Crippen molar-refractivity contribution in [3.63, 3.8) is 0 Å². The van der Waals surface area contributed by atoms with Gasteiger partial charge in [0.1, 0.15) is 12.0 Å². The van der Waals surface area contributed by atoms with Gasteiger partial charge in [0.2, 0.25) is 0 Å². The monoisotopic (exact) mass is 355 g/mol. The molecule has 0 aliphatic carbocycles. The summed E-state index contributed by atoms with van der Waals surface area (Å²) in [6.07, 6.45) is 1.47. The standard InChI is InChI=1S/C16H14BrN5/c17-12-8-4-5-9-13(12)22-16-14(18)15(19-10-20-16)21-11-6-2-1-3-7-11/h1-10H,18H2,(H2,19,20,21,22). The number of benzene rings is 2. The second-order valence-corrected chi connectivity index (χ2v) is 5.43. The van der Waals surface area contributed by atoms with E-state index in [1.54, 1.807) is 0 Å². The van der Waals surface area contributed by atoms with Crippen LogP contribution in [0.15, 0.2) is 65.4 Å². The number of nitrogens with one attached hydrogen (secondary N) is 2. The molecular weight excluding hydrogens is 342 g/mol. The van der Waals surface area contributed by atoms with E-state index in [0.717, 1.165) is 15.8 Å². The van der Waals surface area contributed by atoms with E-state index >= 15 is 0 Å². The summed E-state index contributed by atoms with van der Waals surface area (Å²) in [6, 6.07) is 17.5. The van der Waals surface area contributed by atoms with Gasteiger partial charge < -0.3 is 16.4 Å². The van der Waals surface area contributed by atoms with Gasteiger partial charge in [0.15, 0.2) is 11.6 Å². The Hall–Kier alpha value is -2.60. The van der Waals surface area contributed by atoms with Crippen LogP contribution in [0.2, 0.25) is 0 Å². The van der Waals surface area contributed by atoms with Gasteiger partial charge >= 0.3 is 0 Å². The van der Waals surface area contributed by atoms with Crippen molar-refractivity contribution in [2.75, 3.05) is 16.4 Å². The van der Waals surface area contributed by atoms with Gasteiger partial charge in [-0.25, -0.2) is 9.97 Å². The summed E-state index contributed by atoms with van der Waals surface area (Å²) < 4.78 is 0.936. The lowest BCUT2D eigenvalue weighted by Gasteiger charge is -2.13. The molecule has 1 aromatic heterocycles. The number of nitrogens with zero attached hydrogens (tertiary/aromatic N) is 2. The van der Waals surface area contributed by atoms with Crippen LogP contribution in [0.3, 0.4) is 0 Å². The Balaban J connectivity index is 1.88. The van der Waals surface area contributed by atoms with Crippen LogP contribution in [-0.2, 0) is 0 Å². The van der Waals surface area contributed by atoms with Crippen LogP contribution in [0.4, 0.5) is 28.7 Å². The molecule has 0 amide bonds. The van der Waals surface area contributed by atoms with Gasteiger partial charge in [-0.15, -0.1) is 0 Å². The topological polar surface area (TPSA) is 75.9 Å². The molecule has 0 fully saturated rings. The van der Waals surface area contributed by atoms with E-state index in [-0.39, 0.29) is 0 Å². The quantitative estimate of drug-likeness (QED) is 0.650. The third-order valence-corrected chi connectivity index (χ3v) is 3.74. The average molecular weight is 356 g/mol. The summed E-state index contributed by atoms with van der Waals surface area (Å²) in [7, 11) is 0. The fraction of sp³-hybridized carbons (Fsp3) is 0. The molecule has 0 aliphatic heterocycles. The molecule has 6 heteroatoms. The van der Waals surface area contributed by atoms with Crippen molar-refractivity contribution in [1.29, 1.82) is 0 Å². The lowest BCUT2D eigenvalue weighted by molar-refractivity contribution is 1.17. The number of nitrogen functional groups attached to an aromatic ring is 1. The summed E-state index contributed by atoms with van der Waals surface area (Å²) >= 11 is 3.49. The van der Waals surface area contributed by atoms with E-state index in [0.29, 0.717) is 17.3 Å². The molecule has 0 radical (unpaired) electrons. The highest BCUT2D eigenvalue weighted by Crippen LogP contribution is 2.30. The number of hydrogen-bond donors (Lipinski definition) is 3. The number of rotatable bonds is 4. The summed E-state index contributed by atoms with van der Waals surface area (Å²) in [5, 5.41) is 6.39. The SMILES string of the molecule is Nc1c(Nc2ccccc2)ncnc1Nc1ccccc1Br. The summed E-state index contributed by atoms with van der Waals surface area (Å²) in [4.78, 5) is 8.41. The van der Waals surface area contributed by atoms with Crippen LogP contribution >= 0.6 is 15.9 Å². The molecule has 3 rings (SSSR count). The van der Waals surface area contributed by atoms with Crippen molar-refractivity contribution < 1.29 is 0 Å². The van der Waals surface area contributed by atoms with Gasteiger partial charge in [0.25, 0.3) is 0 Å². The molecule has 0 atom stereocenters. The molecular formula is C16H14BrN5. The first-order chi connectivity index (χ1) is 10.7. The fourth-order valence-electron chi connectivity index (χ4n) is 1.94. The Kier molecular flexibility index (Phi) is 4.20. The number of para-hydroxylation sites is 2. The van der Waals surface area contributed by atoms with Gasteiger partial charge in [-0.1, -0.05) is 30.3 Å². The second kappa shape index (κ2) is 6.44. The lowest BCUT2D eigenvalue weighted by atomic mass is 10.3. The van der Waals surface area contributed by atoms with Crippen LogP contribution in [-0.4, -0.2) is 9.97 Å². The number of halogens is 1. The molecule has 0 saturated carbocycles. The minimum atomic E-state index is 0.460. The van der Waals surface area contributed by atoms with Crippen molar-refractivity contribution in [2.24, 2.45) is 0 Å². The smallest absolute Gasteiger partial charge is 0.159 e. The van der Waals surface area contributed by atoms with Gasteiger partial charge in [0.05, 0.1) is 5.69 Å². The molecule has 22 heavy (non-hydrogen) atoms. The van der Waals surface area contributed by atoms with Gasteiger partial charge in [-0.2, -0.15) is 0 Å². The van der Waals surface area contributed by atoms with E-state index in [2.05, 4.69) is 36.5 Å². The highest BCUT2D eigenvalue weighted by molar-refractivity contribution is 9.10. The van der Waals surface area contributed by atoms with E-state index in [4.69, 9.17) is 5.73 Å². The summed E-state index contributed by atoms with van der Waals surface area (Å²) in [5.74, 6) is 1.12. The van der Waals surface area contributed by atoms with Gasteiger partial charge in [0, 0.05) is 10.2 Å². The Morgan fingerprint density at radius 2 is 1.45 bits per heavy atom. The molecule has 0 bridgehead atoms. The predicted octanol–water partition coefficient (Wildman–Crippen LogP) is 4.31. The molecule has 1 heterocycles. The average Bonchev–Trinajstić information content (AvgIpc) is 2.54. The summed E-state index contributed by atoms with van der Waals surface area (Å²) in [5.41, 5.74) is 8.43. The predicted molar refractivity (Wildman–Crippen MR) is 93.6 cm³/mol. The Morgan fingerprint density at radius 1 is 0.818 bits per heavy atom. The van der Waals surface area contributed by atoms with Crippen molar-refractivity contribution in [2.45, 2.75) is 0 Å². The molecule has 110 valence electrons. The molecule has 0 aliphatic rings.